The number of Topliss-reactive ketones (excluding diaryl/α,β-unsaturated/α-hetero) is 1. The number of amides is 2. The minimum atomic E-state index is -4.28. The molecule has 0 unspecified atom stereocenters. The van der Waals surface area contributed by atoms with Crippen molar-refractivity contribution in [3.05, 3.63) is 43.1 Å². The summed E-state index contributed by atoms with van der Waals surface area (Å²) in [6.07, 6.45) is 6.91. The molecule has 1 aliphatic heterocycles. The maximum atomic E-state index is 14.5. The van der Waals surface area contributed by atoms with Crippen molar-refractivity contribution in [3.63, 3.8) is 0 Å². The third kappa shape index (κ3) is 5.45. The summed E-state index contributed by atoms with van der Waals surface area (Å²) in [5, 5.41) is 0.689. The fourth-order valence-corrected chi connectivity index (χ4v) is 10.9. The highest BCUT2D eigenvalue weighted by Crippen LogP contribution is 2.88. The molecule has 0 radical (unpaired) electrons. The van der Waals surface area contributed by atoms with Gasteiger partial charge in [-0.1, -0.05) is 52.3 Å². The van der Waals surface area contributed by atoms with Crippen molar-refractivity contribution in [2.24, 2.45) is 39.4 Å². The number of rotatable bonds is 11. The van der Waals surface area contributed by atoms with Gasteiger partial charge in [-0.2, -0.15) is 0 Å². The maximum absolute atomic E-state index is 14.5. The van der Waals surface area contributed by atoms with E-state index in [1.54, 1.807) is 56.1 Å². The average molecular weight is 694 g/mol. The van der Waals surface area contributed by atoms with E-state index in [4.69, 9.17) is 4.74 Å². The Morgan fingerprint density at radius 3 is 2.35 bits per heavy atom. The molecule has 2 spiro atoms. The summed E-state index contributed by atoms with van der Waals surface area (Å²) in [7, 11) is -4.28. The Morgan fingerprint density at radius 2 is 1.80 bits per heavy atom. The number of nitrogens with zero attached hydrogens (tertiary/aromatic N) is 1. The van der Waals surface area contributed by atoms with Crippen molar-refractivity contribution in [2.45, 2.75) is 110 Å². The summed E-state index contributed by atoms with van der Waals surface area (Å²) >= 11 is 0. The Kier molecular flexibility index (Phi) is 8.32. The molecule has 2 heterocycles. The molecule has 2 N–H and O–H groups in total. The first-order chi connectivity index (χ1) is 22.8. The van der Waals surface area contributed by atoms with E-state index in [1.807, 2.05) is 13.8 Å². The summed E-state index contributed by atoms with van der Waals surface area (Å²) < 4.78 is 35.0. The molecule has 5 atom stereocenters. The number of allylic oxidation sites excluding steroid dienone is 1. The Bertz CT molecular complexity index is 1830. The van der Waals surface area contributed by atoms with Crippen LogP contribution in [0.5, 0.6) is 0 Å². The third-order valence-electron chi connectivity index (χ3n) is 12.8. The van der Waals surface area contributed by atoms with Crippen LogP contribution in [0.1, 0.15) is 93.4 Å². The number of sulfonamides is 1. The van der Waals surface area contributed by atoms with Gasteiger partial charge in [-0.25, -0.2) is 13.1 Å². The van der Waals surface area contributed by atoms with Crippen LogP contribution in [0, 0.1) is 39.4 Å². The molecule has 2 aromatic rings. The van der Waals surface area contributed by atoms with Crippen molar-refractivity contribution in [1.82, 2.24) is 14.6 Å². The average Bonchev–Trinajstić information content (AvgIpc) is 3.49. The van der Waals surface area contributed by atoms with Crippen molar-refractivity contribution in [1.29, 1.82) is 0 Å². The molecule has 2 amide bonds. The monoisotopic (exact) mass is 693 g/mol. The van der Waals surface area contributed by atoms with Crippen molar-refractivity contribution >= 4 is 44.5 Å². The van der Waals surface area contributed by atoms with Gasteiger partial charge >= 0.3 is 5.97 Å². The number of likely N-dealkylation sites (tertiary alicyclic amines) is 1. The van der Waals surface area contributed by atoms with E-state index in [2.05, 4.69) is 30.1 Å². The predicted molar refractivity (Wildman–Crippen MR) is 185 cm³/mol. The molecule has 1 saturated heterocycles. The van der Waals surface area contributed by atoms with E-state index in [0.29, 0.717) is 23.9 Å². The van der Waals surface area contributed by atoms with Gasteiger partial charge in [0.2, 0.25) is 11.8 Å². The van der Waals surface area contributed by atoms with Crippen LogP contribution in [0.25, 0.3) is 10.9 Å². The largest absolute Gasteiger partial charge is 0.460 e. The Balaban J connectivity index is 1.28. The Labute approximate surface area is 289 Å². The number of para-hydroxylation sites is 1. The highest BCUT2D eigenvalue weighted by Gasteiger charge is 2.85. The van der Waals surface area contributed by atoms with Gasteiger partial charge in [0.05, 0.1) is 29.3 Å². The molecule has 10 nitrogen and oxygen atoms in total. The maximum Gasteiger partial charge on any atom is 0.307 e. The van der Waals surface area contributed by atoms with E-state index in [1.165, 1.54) is 6.07 Å². The third-order valence-corrected chi connectivity index (χ3v) is 14.2. The van der Waals surface area contributed by atoms with E-state index in [9.17, 15) is 27.6 Å². The molecule has 3 aliphatic carbocycles. The molecule has 266 valence electrons. The normalized spacial score (nSPS) is 28.7. The number of benzene rings is 1. The van der Waals surface area contributed by atoms with Gasteiger partial charge in [-0.15, -0.1) is 6.58 Å². The van der Waals surface area contributed by atoms with E-state index >= 15 is 0 Å². The quantitative estimate of drug-likeness (QED) is 0.220. The van der Waals surface area contributed by atoms with Crippen molar-refractivity contribution in [3.8, 4) is 0 Å². The van der Waals surface area contributed by atoms with Crippen LogP contribution in [-0.2, 0) is 33.9 Å². The van der Waals surface area contributed by atoms with Crippen molar-refractivity contribution < 1.29 is 32.3 Å². The van der Waals surface area contributed by atoms with Crippen LogP contribution in [-0.4, -0.2) is 60.1 Å². The lowest BCUT2D eigenvalue weighted by atomic mass is 9.73. The topological polar surface area (TPSA) is 143 Å². The van der Waals surface area contributed by atoms with Gasteiger partial charge in [-0.3, -0.25) is 19.2 Å². The van der Waals surface area contributed by atoms with Gasteiger partial charge in [0.1, 0.15) is 10.5 Å². The number of ketones is 1. The first kappa shape index (κ1) is 35.4. The van der Waals surface area contributed by atoms with Gasteiger partial charge in [-0.05, 0) is 81.3 Å². The summed E-state index contributed by atoms with van der Waals surface area (Å²) in [4.78, 5) is 60.5. The lowest BCUT2D eigenvalue weighted by molar-refractivity contribution is -0.159. The molecule has 1 aromatic heterocycles. The Hall–Kier alpha value is -3.47. The second-order valence-electron chi connectivity index (χ2n) is 16.9. The van der Waals surface area contributed by atoms with E-state index < -0.39 is 50.8 Å². The number of hydrogen-bond donors (Lipinski definition) is 2. The van der Waals surface area contributed by atoms with Crippen LogP contribution >= 0.6 is 0 Å². The highest BCUT2D eigenvalue weighted by atomic mass is 32.2. The number of hydrogen-bond acceptors (Lipinski definition) is 7. The number of esters is 1. The summed E-state index contributed by atoms with van der Waals surface area (Å²) in [5.74, 6) is -2.96. The fraction of sp³-hybridized carbons (Fsp3) is 0.632. The molecular formula is C38H51N3O7S. The number of ether oxygens (including phenoxy) is 1. The summed E-state index contributed by atoms with van der Waals surface area (Å²) in [6.45, 7) is 17.9. The second kappa shape index (κ2) is 11.5. The number of carbonyl (C=O) groups excluding carboxylic acids is 4. The van der Waals surface area contributed by atoms with Crippen LogP contribution in [0.2, 0.25) is 0 Å². The lowest BCUT2D eigenvalue weighted by Gasteiger charge is -2.32. The zero-order valence-corrected chi connectivity index (χ0v) is 30.7. The zero-order chi connectivity index (χ0) is 35.9. The number of aromatic nitrogens is 1. The second-order valence-corrected chi connectivity index (χ2v) is 18.6. The lowest BCUT2D eigenvalue weighted by Crippen LogP contribution is -2.47. The number of fused-ring (bicyclic) bond motifs is 2. The number of H-pyrrole nitrogens is 1. The number of aromatic amines is 1. The van der Waals surface area contributed by atoms with Gasteiger partial charge < -0.3 is 14.6 Å². The minimum absolute atomic E-state index is 0.0528. The first-order valence-corrected chi connectivity index (χ1v) is 19.1. The number of nitrogens with one attached hydrogen (secondary N) is 2. The van der Waals surface area contributed by atoms with Crippen LogP contribution < -0.4 is 4.72 Å². The molecule has 49 heavy (non-hydrogen) atoms. The Morgan fingerprint density at radius 1 is 1.10 bits per heavy atom. The summed E-state index contributed by atoms with van der Waals surface area (Å²) in [6, 6.07) is 5.78. The van der Waals surface area contributed by atoms with E-state index in [-0.39, 0.29) is 58.0 Å². The molecule has 6 rings (SSSR count). The first-order valence-electron chi connectivity index (χ1n) is 17.6. The highest BCUT2D eigenvalue weighted by molar-refractivity contribution is 7.90. The number of carbonyl (C=O) groups is 4. The van der Waals surface area contributed by atoms with Gasteiger partial charge in [0, 0.05) is 30.0 Å². The minimum Gasteiger partial charge on any atom is -0.460 e. The van der Waals surface area contributed by atoms with Crippen LogP contribution in [0.4, 0.5) is 0 Å². The molecule has 11 heteroatoms. The van der Waals surface area contributed by atoms with Crippen LogP contribution in [0.15, 0.2) is 48.0 Å². The van der Waals surface area contributed by atoms with Gasteiger partial charge in [0.15, 0.2) is 5.78 Å². The molecular weight excluding hydrogens is 642 g/mol. The molecule has 3 saturated carbocycles. The van der Waals surface area contributed by atoms with E-state index in [0.717, 1.165) is 19.3 Å². The molecule has 4 fully saturated rings. The fourth-order valence-electron chi connectivity index (χ4n) is 9.68. The smallest absolute Gasteiger partial charge is 0.307 e. The zero-order valence-electron chi connectivity index (χ0n) is 29.9. The standard InChI is InChI=1S/C38H51N3O7S/c1-9-25-19-36(25,33(45)40-49(46,47)29-13-10-12-24-14-17-39-31(24)29)21-28(42)27-20-38(35(7,8)37(38)15-11-16-37)22-41(27)32(44)26(23(2)3)18-30(43)48-34(4,5)6/h9-10,12-14,17,23,25-27,39H,1,11,15-16,18-22H2,2-8H3,(H,40,45)/t25-,26+,27+,36-,38-/m1/s1. The SMILES string of the molecule is C=C[C@@H]1C[C@]1(CC(=O)[C@@H]1C[C@@]2(CN1C(=O)[C@@H](CC(=O)OC(C)(C)C)C(C)C)C(C)(C)C21CCC1)C(=O)NS(=O)(=O)c1cccc2cc[nH]c12. The predicted octanol–water partition coefficient (Wildman–Crippen LogP) is 5.93. The molecule has 1 aromatic carbocycles. The van der Waals surface area contributed by atoms with Gasteiger partial charge in [0.25, 0.3) is 10.0 Å². The molecule has 4 aliphatic rings. The van der Waals surface area contributed by atoms with Crippen LogP contribution in [0.3, 0.4) is 0 Å². The summed E-state index contributed by atoms with van der Waals surface area (Å²) in [5.41, 5.74) is -1.86. The van der Waals surface area contributed by atoms with Crippen molar-refractivity contribution in [2.75, 3.05) is 6.54 Å². The molecule has 0 bridgehead atoms.